The second-order valence-electron chi connectivity index (χ2n) is 8.86. The van der Waals surface area contributed by atoms with Crippen LogP contribution in [0.5, 0.6) is 0 Å². The van der Waals surface area contributed by atoms with Gasteiger partial charge in [-0.05, 0) is 49.7 Å². The van der Waals surface area contributed by atoms with Crippen LogP contribution in [0.4, 0.5) is 10.1 Å². The molecule has 1 amide bonds. The summed E-state index contributed by atoms with van der Waals surface area (Å²) in [5, 5.41) is 14.3. The highest BCUT2D eigenvalue weighted by Crippen LogP contribution is 2.23. The number of hydrogen-bond donors (Lipinski definition) is 0. The van der Waals surface area contributed by atoms with E-state index in [1.807, 2.05) is 40.5 Å². The lowest BCUT2D eigenvalue weighted by atomic mass is 10.2. The van der Waals surface area contributed by atoms with Crippen molar-refractivity contribution in [2.24, 2.45) is 0 Å². The van der Waals surface area contributed by atoms with Crippen molar-refractivity contribution < 1.29 is 9.18 Å². The van der Waals surface area contributed by atoms with Crippen LogP contribution < -0.4 is 4.90 Å². The molecule has 0 radical (unpaired) electrons. The minimum Gasteiger partial charge on any atom is -0.368 e. The summed E-state index contributed by atoms with van der Waals surface area (Å²) < 4.78 is 16.9. The number of rotatable bonds is 5. The number of halogens is 1. The second-order valence-corrected chi connectivity index (χ2v) is 8.86. The highest BCUT2D eigenvalue weighted by Gasteiger charge is 2.22. The topological polar surface area (TPSA) is 83.9 Å². The van der Waals surface area contributed by atoms with Gasteiger partial charge < -0.3 is 9.80 Å². The van der Waals surface area contributed by atoms with Gasteiger partial charge in [0.1, 0.15) is 17.5 Å². The Morgan fingerprint density at radius 3 is 2.57 bits per heavy atom. The van der Waals surface area contributed by atoms with Crippen LogP contribution in [-0.2, 0) is 11.2 Å². The van der Waals surface area contributed by atoms with E-state index in [0.717, 1.165) is 41.2 Å². The summed E-state index contributed by atoms with van der Waals surface area (Å²) in [6, 6.07) is 14.5. The van der Waals surface area contributed by atoms with Gasteiger partial charge in [0.2, 0.25) is 5.91 Å². The van der Waals surface area contributed by atoms with Gasteiger partial charge in [0, 0.05) is 50.1 Å². The molecule has 0 atom stereocenters. The van der Waals surface area contributed by atoms with Gasteiger partial charge in [-0.3, -0.25) is 9.20 Å². The molecule has 5 aromatic rings. The molecule has 3 aromatic heterocycles. The van der Waals surface area contributed by atoms with Crippen LogP contribution in [0.3, 0.4) is 0 Å². The summed E-state index contributed by atoms with van der Waals surface area (Å²) in [4.78, 5) is 21.5. The Labute approximate surface area is 200 Å². The summed E-state index contributed by atoms with van der Waals surface area (Å²) in [6.07, 6.45) is 1.76. The molecule has 6 rings (SSSR count). The molecule has 178 valence electrons. The molecule has 0 saturated carbocycles. The second kappa shape index (κ2) is 8.61. The number of nitrogens with zero attached hydrogens (tertiary/aromatic N) is 8. The number of fused-ring (bicyclic) bond motifs is 6. The molecular weight excluding hydrogens is 447 g/mol. The number of benzene rings is 2. The van der Waals surface area contributed by atoms with Gasteiger partial charge in [0.25, 0.3) is 5.78 Å². The predicted molar refractivity (Wildman–Crippen MR) is 130 cm³/mol. The van der Waals surface area contributed by atoms with E-state index in [9.17, 15) is 9.18 Å². The summed E-state index contributed by atoms with van der Waals surface area (Å²) >= 11 is 0. The van der Waals surface area contributed by atoms with Crippen LogP contribution in [-0.4, -0.2) is 66.2 Å². The number of piperazine rings is 1. The van der Waals surface area contributed by atoms with Crippen molar-refractivity contribution >= 4 is 33.9 Å². The van der Waals surface area contributed by atoms with Crippen LogP contribution in [0, 0.1) is 12.7 Å². The molecule has 1 aliphatic rings. The molecule has 4 heterocycles. The Bertz CT molecular complexity index is 1530. The Morgan fingerprint density at radius 2 is 1.77 bits per heavy atom. The Kier molecular flexibility index (Phi) is 5.28. The van der Waals surface area contributed by atoms with Gasteiger partial charge in [0.05, 0.1) is 5.52 Å². The highest BCUT2D eigenvalue weighted by molar-refractivity contribution is 5.93. The zero-order valence-corrected chi connectivity index (χ0v) is 19.4. The molecule has 0 aliphatic carbocycles. The number of para-hydroxylation sites is 1. The van der Waals surface area contributed by atoms with Gasteiger partial charge in [-0.1, -0.05) is 12.1 Å². The molecule has 1 aliphatic heterocycles. The van der Waals surface area contributed by atoms with Crippen molar-refractivity contribution in [1.82, 2.24) is 34.1 Å². The molecule has 0 N–H and O–H groups in total. The van der Waals surface area contributed by atoms with E-state index < -0.39 is 0 Å². The number of aryl methyl sites for hydroxylation is 2. The van der Waals surface area contributed by atoms with E-state index in [-0.39, 0.29) is 11.7 Å². The zero-order valence-electron chi connectivity index (χ0n) is 19.4. The fourth-order valence-electron chi connectivity index (χ4n) is 4.86. The number of carbonyl (C=O) groups is 1. The van der Waals surface area contributed by atoms with Crippen molar-refractivity contribution in [3.05, 3.63) is 66.0 Å². The van der Waals surface area contributed by atoms with Crippen molar-refractivity contribution in [3.63, 3.8) is 0 Å². The van der Waals surface area contributed by atoms with Gasteiger partial charge in [-0.2, -0.15) is 4.52 Å². The lowest BCUT2D eigenvalue weighted by molar-refractivity contribution is -0.131. The molecule has 0 spiro atoms. The molecular formula is C25H25FN8O. The SMILES string of the molecule is Cc1nc2c3ccccc3n3c(CCCC(=O)N4CCN(c5ccc(F)cc5)CC4)nnc3n2n1. The van der Waals surface area contributed by atoms with Gasteiger partial charge in [-0.15, -0.1) is 15.3 Å². The smallest absolute Gasteiger partial charge is 0.258 e. The fourth-order valence-corrected chi connectivity index (χ4v) is 4.86. The third-order valence-corrected chi connectivity index (χ3v) is 6.62. The Balaban J connectivity index is 1.14. The monoisotopic (exact) mass is 472 g/mol. The molecule has 9 nitrogen and oxygen atoms in total. The molecule has 1 fully saturated rings. The van der Waals surface area contributed by atoms with E-state index in [4.69, 9.17) is 0 Å². The normalized spacial score (nSPS) is 14.5. The quantitative estimate of drug-likeness (QED) is 0.391. The third kappa shape index (κ3) is 3.84. The van der Waals surface area contributed by atoms with Crippen molar-refractivity contribution in [1.29, 1.82) is 0 Å². The van der Waals surface area contributed by atoms with Crippen LogP contribution in [0.1, 0.15) is 24.5 Å². The molecule has 10 heteroatoms. The zero-order chi connectivity index (χ0) is 23.9. The standard InChI is InChI=1S/C25H25FN8O/c1-17-27-24-20-5-2-3-6-21(20)33-22(28-29-25(33)34(24)30-17)7-4-8-23(35)32-15-13-31(14-16-32)19-11-9-18(26)10-12-19/h2-3,5-6,9-12H,4,7-8,13-16H2,1H3. The summed E-state index contributed by atoms with van der Waals surface area (Å²) in [6.45, 7) is 4.67. The van der Waals surface area contributed by atoms with Gasteiger partial charge in [0.15, 0.2) is 5.65 Å². The average Bonchev–Trinajstić information content (AvgIpc) is 3.48. The first-order valence-corrected chi connectivity index (χ1v) is 11.8. The lowest BCUT2D eigenvalue weighted by Crippen LogP contribution is -2.48. The minimum absolute atomic E-state index is 0.150. The van der Waals surface area contributed by atoms with Crippen LogP contribution in [0.15, 0.2) is 48.5 Å². The van der Waals surface area contributed by atoms with Crippen LogP contribution in [0.25, 0.3) is 22.3 Å². The number of amides is 1. The number of carbonyl (C=O) groups excluding carboxylic acids is 1. The van der Waals surface area contributed by atoms with E-state index in [0.29, 0.717) is 44.0 Å². The van der Waals surface area contributed by atoms with Crippen LogP contribution in [0.2, 0.25) is 0 Å². The first kappa shape index (κ1) is 21.5. The minimum atomic E-state index is -0.239. The molecule has 2 aromatic carbocycles. The molecule has 1 saturated heterocycles. The summed E-state index contributed by atoms with van der Waals surface area (Å²) in [5.41, 5.74) is 2.73. The maximum absolute atomic E-state index is 13.2. The maximum Gasteiger partial charge on any atom is 0.258 e. The van der Waals surface area contributed by atoms with E-state index in [1.165, 1.54) is 12.1 Å². The number of hydrogen-bond acceptors (Lipinski definition) is 6. The van der Waals surface area contributed by atoms with E-state index in [1.54, 1.807) is 16.6 Å². The fraction of sp³-hybridized carbons (Fsp3) is 0.320. The molecule has 0 unspecified atom stereocenters. The average molecular weight is 473 g/mol. The highest BCUT2D eigenvalue weighted by atomic mass is 19.1. The Hall–Kier alpha value is -4.08. The van der Waals surface area contributed by atoms with E-state index in [2.05, 4.69) is 25.2 Å². The number of aromatic nitrogens is 6. The number of anilines is 1. The Morgan fingerprint density at radius 1 is 1.00 bits per heavy atom. The summed E-state index contributed by atoms with van der Waals surface area (Å²) in [7, 11) is 0. The van der Waals surface area contributed by atoms with Gasteiger partial charge in [-0.25, -0.2) is 9.37 Å². The lowest BCUT2D eigenvalue weighted by Gasteiger charge is -2.36. The first-order valence-electron chi connectivity index (χ1n) is 11.8. The maximum atomic E-state index is 13.2. The van der Waals surface area contributed by atoms with Crippen molar-refractivity contribution in [2.75, 3.05) is 31.1 Å². The van der Waals surface area contributed by atoms with Gasteiger partial charge >= 0.3 is 0 Å². The van der Waals surface area contributed by atoms with Crippen LogP contribution >= 0.6 is 0 Å². The molecule has 35 heavy (non-hydrogen) atoms. The predicted octanol–water partition coefficient (Wildman–Crippen LogP) is 3.04. The van der Waals surface area contributed by atoms with Crippen molar-refractivity contribution in [3.8, 4) is 0 Å². The largest absolute Gasteiger partial charge is 0.368 e. The summed E-state index contributed by atoms with van der Waals surface area (Å²) in [5.74, 6) is 2.02. The third-order valence-electron chi connectivity index (χ3n) is 6.62. The van der Waals surface area contributed by atoms with E-state index >= 15 is 0 Å². The first-order chi connectivity index (χ1) is 17.1. The van der Waals surface area contributed by atoms with Crippen molar-refractivity contribution in [2.45, 2.75) is 26.2 Å². The molecule has 0 bridgehead atoms.